The molecular weight excluding hydrogens is 102 g/mol. The molecule has 0 aliphatic heterocycles. The largest absolute Gasteiger partial charge is 0.402 e. The van der Waals surface area contributed by atoms with Gasteiger partial charge in [-0.2, -0.15) is 0 Å². The first-order valence-corrected chi connectivity index (χ1v) is 2.38. The quantitative estimate of drug-likeness (QED) is 0.435. The third kappa shape index (κ3) is 1.75. The smallest absolute Gasteiger partial charge is 0.0239 e. The SMILES string of the molecule is CC(N)=C(C=N)CN. The van der Waals surface area contributed by atoms with Crippen molar-refractivity contribution >= 4 is 6.21 Å². The van der Waals surface area contributed by atoms with E-state index in [0.717, 1.165) is 0 Å². The first-order chi connectivity index (χ1) is 3.72. The number of nitrogens with one attached hydrogen (secondary N) is 1. The summed E-state index contributed by atoms with van der Waals surface area (Å²) in [6, 6.07) is 0. The summed E-state index contributed by atoms with van der Waals surface area (Å²) in [5.74, 6) is 0. The highest BCUT2D eigenvalue weighted by atomic mass is 14.6. The Kier molecular flexibility index (Phi) is 2.88. The van der Waals surface area contributed by atoms with Crippen LogP contribution in [-0.4, -0.2) is 12.8 Å². The monoisotopic (exact) mass is 113 g/mol. The van der Waals surface area contributed by atoms with Crippen LogP contribution < -0.4 is 11.5 Å². The van der Waals surface area contributed by atoms with Crippen LogP contribution in [0.25, 0.3) is 0 Å². The molecule has 0 aromatic heterocycles. The van der Waals surface area contributed by atoms with Crippen LogP contribution >= 0.6 is 0 Å². The minimum absolute atomic E-state index is 0.353. The third-order valence-electron chi connectivity index (χ3n) is 0.901. The van der Waals surface area contributed by atoms with Gasteiger partial charge in [-0.3, -0.25) is 0 Å². The summed E-state index contributed by atoms with van der Waals surface area (Å²) in [6.07, 6.45) is 1.18. The van der Waals surface area contributed by atoms with Crippen molar-refractivity contribution in [2.75, 3.05) is 6.54 Å². The number of rotatable bonds is 2. The molecule has 0 amide bonds. The maximum absolute atomic E-state index is 6.75. The molecule has 8 heavy (non-hydrogen) atoms. The Morgan fingerprint density at radius 3 is 2.25 bits per heavy atom. The van der Waals surface area contributed by atoms with E-state index in [-0.39, 0.29) is 0 Å². The molecule has 0 aromatic carbocycles. The molecule has 0 aliphatic carbocycles. The zero-order valence-electron chi connectivity index (χ0n) is 4.94. The lowest BCUT2D eigenvalue weighted by Crippen LogP contribution is -2.09. The predicted molar refractivity (Wildman–Crippen MR) is 34.7 cm³/mol. The van der Waals surface area contributed by atoms with Crippen LogP contribution in [0.3, 0.4) is 0 Å². The molecule has 0 aromatic rings. The van der Waals surface area contributed by atoms with Crippen molar-refractivity contribution in [3.63, 3.8) is 0 Å². The summed E-state index contributed by atoms with van der Waals surface area (Å²) in [6.45, 7) is 2.08. The maximum atomic E-state index is 6.75. The summed E-state index contributed by atoms with van der Waals surface area (Å²) in [7, 11) is 0. The molecule has 3 heteroatoms. The highest BCUT2D eigenvalue weighted by Crippen LogP contribution is 1.88. The van der Waals surface area contributed by atoms with Gasteiger partial charge in [0.15, 0.2) is 0 Å². The first kappa shape index (κ1) is 7.17. The molecular formula is C5H11N3. The van der Waals surface area contributed by atoms with Gasteiger partial charge < -0.3 is 16.9 Å². The van der Waals surface area contributed by atoms with Gasteiger partial charge in [0, 0.05) is 24.0 Å². The molecule has 0 atom stereocenters. The Bertz CT molecular complexity index is 111. The van der Waals surface area contributed by atoms with E-state index < -0.39 is 0 Å². The summed E-state index contributed by atoms with van der Waals surface area (Å²) in [5.41, 5.74) is 11.8. The zero-order valence-corrected chi connectivity index (χ0v) is 4.94. The van der Waals surface area contributed by atoms with E-state index in [2.05, 4.69) is 0 Å². The lowest BCUT2D eigenvalue weighted by atomic mass is 10.2. The number of nitrogens with two attached hydrogens (primary N) is 2. The topological polar surface area (TPSA) is 75.9 Å². The average Bonchev–Trinajstić information content (AvgIpc) is 1.69. The highest BCUT2D eigenvalue weighted by molar-refractivity contribution is 5.77. The molecule has 0 fully saturated rings. The van der Waals surface area contributed by atoms with Gasteiger partial charge in [-0.15, -0.1) is 0 Å². The van der Waals surface area contributed by atoms with Gasteiger partial charge in [0.25, 0.3) is 0 Å². The second-order valence-corrected chi connectivity index (χ2v) is 1.56. The second kappa shape index (κ2) is 3.21. The van der Waals surface area contributed by atoms with Crippen molar-refractivity contribution in [3.8, 4) is 0 Å². The van der Waals surface area contributed by atoms with Crippen molar-refractivity contribution < 1.29 is 0 Å². The Hall–Kier alpha value is -0.830. The third-order valence-corrected chi connectivity index (χ3v) is 0.901. The van der Waals surface area contributed by atoms with Gasteiger partial charge in [0.05, 0.1) is 0 Å². The normalized spacial score (nSPS) is 12.8. The average molecular weight is 113 g/mol. The summed E-state index contributed by atoms with van der Waals surface area (Å²) < 4.78 is 0. The molecule has 0 saturated carbocycles. The van der Waals surface area contributed by atoms with Gasteiger partial charge in [-0.25, -0.2) is 0 Å². The Balaban J connectivity index is 4.07. The zero-order chi connectivity index (χ0) is 6.57. The van der Waals surface area contributed by atoms with Crippen LogP contribution in [0.1, 0.15) is 6.92 Å². The molecule has 0 radical (unpaired) electrons. The summed E-state index contributed by atoms with van der Waals surface area (Å²) >= 11 is 0. The Labute approximate surface area is 48.9 Å². The molecule has 46 valence electrons. The van der Waals surface area contributed by atoms with Crippen molar-refractivity contribution in [3.05, 3.63) is 11.3 Å². The minimum atomic E-state index is 0.353. The van der Waals surface area contributed by atoms with E-state index in [9.17, 15) is 0 Å². The molecule has 0 rings (SSSR count). The molecule has 0 bridgehead atoms. The van der Waals surface area contributed by atoms with Crippen LogP contribution in [0.15, 0.2) is 11.3 Å². The number of allylic oxidation sites excluding steroid dienone is 1. The Morgan fingerprint density at radius 1 is 1.75 bits per heavy atom. The molecule has 5 N–H and O–H groups in total. The van der Waals surface area contributed by atoms with Crippen molar-refractivity contribution in [1.29, 1.82) is 5.41 Å². The molecule has 0 spiro atoms. The molecule has 0 saturated heterocycles. The first-order valence-electron chi connectivity index (χ1n) is 2.38. The summed E-state index contributed by atoms with van der Waals surface area (Å²) in [4.78, 5) is 0. The fourth-order valence-electron chi connectivity index (χ4n) is 0.334. The van der Waals surface area contributed by atoms with Gasteiger partial charge >= 0.3 is 0 Å². The fraction of sp³-hybridized carbons (Fsp3) is 0.400. The summed E-state index contributed by atoms with van der Waals surface area (Å²) in [5, 5.41) is 6.75. The standard InChI is InChI=1S/C5H11N3/c1-4(8)5(2-6)3-7/h2,6H,3,7-8H2,1H3. The van der Waals surface area contributed by atoms with Crippen molar-refractivity contribution in [1.82, 2.24) is 0 Å². The molecule has 0 heterocycles. The van der Waals surface area contributed by atoms with Crippen LogP contribution in [0.2, 0.25) is 0 Å². The van der Waals surface area contributed by atoms with E-state index in [0.29, 0.717) is 17.8 Å². The van der Waals surface area contributed by atoms with Gasteiger partial charge in [0.1, 0.15) is 0 Å². The highest BCUT2D eigenvalue weighted by Gasteiger charge is 1.88. The van der Waals surface area contributed by atoms with Crippen LogP contribution in [0.5, 0.6) is 0 Å². The van der Waals surface area contributed by atoms with E-state index in [1.54, 1.807) is 6.92 Å². The van der Waals surface area contributed by atoms with Crippen LogP contribution in [0, 0.1) is 5.41 Å². The predicted octanol–water partition coefficient (Wildman–Crippen LogP) is -0.173. The lowest BCUT2D eigenvalue weighted by Gasteiger charge is -1.95. The van der Waals surface area contributed by atoms with Gasteiger partial charge in [-0.05, 0) is 6.92 Å². The van der Waals surface area contributed by atoms with E-state index in [1.807, 2.05) is 0 Å². The fourth-order valence-corrected chi connectivity index (χ4v) is 0.334. The van der Waals surface area contributed by atoms with Crippen LogP contribution in [0.4, 0.5) is 0 Å². The molecule has 0 aliphatic rings. The van der Waals surface area contributed by atoms with Crippen LogP contribution in [-0.2, 0) is 0 Å². The van der Waals surface area contributed by atoms with E-state index in [4.69, 9.17) is 16.9 Å². The molecule has 3 nitrogen and oxygen atoms in total. The van der Waals surface area contributed by atoms with Crippen molar-refractivity contribution in [2.24, 2.45) is 11.5 Å². The van der Waals surface area contributed by atoms with E-state index in [1.165, 1.54) is 6.21 Å². The van der Waals surface area contributed by atoms with Gasteiger partial charge in [0.2, 0.25) is 0 Å². The van der Waals surface area contributed by atoms with Crippen molar-refractivity contribution in [2.45, 2.75) is 6.92 Å². The number of hydrogen-bond acceptors (Lipinski definition) is 3. The Morgan fingerprint density at radius 2 is 2.25 bits per heavy atom. The minimum Gasteiger partial charge on any atom is -0.402 e. The second-order valence-electron chi connectivity index (χ2n) is 1.56. The van der Waals surface area contributed by atoms with Gasteiger partial charge in [-0.1, -0.05) is 0 Å². The molecule has 0 unspecified atom stereocenters. The lowest BCUT2D eigenvalue weighted by molar-refractivity contribution is 1.14. The number of hydrogen-bond donors (Lipinski definition) is 3. The maximum Gasteiger partial charge on any atom is 0.0239 e. The van der Waals surface area contributed by atoms with E-state index >= 15 is 0 Å².